The second-order valence-corrected chi connectivity index (χ2v) is 5.52. The van der Waals surface area contributed by atoms with Gasteiger partial charge in [0.1, 0.15) is 17.8 Å². The summed E-state index contributed by atoms with van der Waals surface area (Å²) < 4.78 is 0. The fourth-order valence-corrected chi connectivity index (χ4v) is 3.07. The molecule has 2 aromatic heterocycles. The first kappa shape index (κ1) is 14.8. The van der Waals surface area contributed by atoms with Gasteiger partial charge in [-0.3, -0.25) is 9.63 Å². The summed E-state index contributed by atoms with van der Waals surface area (Å²) in [5, 5.41) is 1.10. The number of hydroxylamine groups is 1. The zero-order valence-electron chi connectivity index (χ0n) is 12.9. The number of piperidine rings is 1. The Morgan fingerprint density at radius 3 is 2.91 bits per heavy atom. The van der Waals surface area contributed by atoms with Gasteiger partial charge in [-0.25, -0.2) is 15.4 Å². The van der Waals surface area contributed by atoms with Gasteiger partial charge in [-0.2, -0.15) is 0 Å². The predicted octanol–water partition coefficient (Wildman–Crippen LogP) is 1.41. The van der Waals surface area contributed by atoms with Crippen LogP contribution >= 0.6 is 0 Å². The van der Waals surface area contributed by atoms with Crippen molar-refractivity contribution in [3.05, 3.63) is 18.1 Å². The lowest BCUT2D eigenvalue weighted by Gasteiger charge is -2.32. The lowest BCUT2D eigenvalue weighted by Crippen LogP contribution is -2.40. The Labute approximate surface area is 129 Å². The smallest absolute Gasteiger partial charge is 0.246 e. The molecule has 22 heavy (non-hydrogen) atoms. The van der Waals surface area contributed by atoms with E-state index in [0.717, 1.165) is 49.2 Å². The number of nitrogens with zero attached hydrogens (tertiary/aromatic N) is 3. The highest BCUT2D eigenvalue weighted by atomic mass is 16.6. The van der Waals surface area contributed by atoms with Crippen LogP contribution in [0.5, 0.6) is 0 Å². The van der Waals surface area contributed by atoms with Crippen molar-refractivity contribution in [1.82, 2.24) is 20.4 Å². The summed E-state index contributed by atoms with van der Waals surface area (Å²) in [5.41, 5.74) is 4.53. The van der Waals surface area contributed by atoms with Crippen molar-refractivity contribution in [2.45, 2.75) is 26.2 Å². The van der Waals surface area contributed by atoms with Crippen LogP contribution in [0.1, 0.15) is 25.3 Å². The van der Waals surface area contributed by atoms with E-state index in [1.165, 1.54) is 12.7 Å². The third-order valence-electron chi connectivity index (χ3n) is 4.28. The second kappa shape index (κ2) is 6.31. The van der Waals surface area contributed by atoms with Crippen LogP contribution in [-0.2, 0) is 16.1 Å². The number of nitrogens with one attached hydrogen (secondary N) is 2. The molecule has 0 unspecified atom stereocenters. The summed E-state index contributed by atoms with van der Waals surface area (Å²) in [7, 11) is 1.46. The molecule has 1 amide bonds. The van der Waals surface area contributed by atoms with Crippen molar-refractivity contribution < 1.29 is 9.63 Å². The van der Waals surface area contributed by atoms with Gasteiger partial charge in [0.25, 0.3) is 0 Å². The van der Waals surface area contributed by atoms with Gasteiger partial charge in [0.05, 0.1) is 12.5 Å². The Hall–Kier alpha value is -2.15. The Bertz CT molecular complexity index is 661. The highest BCUT2D eigenvalue weighted by molar-refractivity contribution is 5.91. The Balaban J connectivity index is 1.79. The number of carbonyl (C=O) groups is 1. The van der Waals surface area contributed by atoms with Gasteiger partial charge in [0, 0.05) is 25.2 Å². The minimum Gasteiger partial charge on any atom is -0.356 e. The summed E-state index contributed by atoms with van der Waals surface area (Å²) in [6.45, 7) is 3.74. The second-order valence-electron chi connectivity index (χ2n) is 5.52. The van der Waals surface area contributed by atoms with Crippen molar-refractivity contribution in [3.8, 4) is 0 Å². The molecule has 0 aromatic carbocycles. The Morgan fingerprint density at radius 1 is 1.45 bits per heavy atom. The average Bonchev–Trinajstić information content (AvgIpc) is 2.98. The molecule has 1 aliphatic heterocycles. The van der Waals surface area contributed by atoms with Crippen LogP contribution in [0.4, 0.5) is 5.82 Å². The molecule has 0 atom stereocenters. The molecule has 2 N–H and O–H groups in total. The quantitative estimate of drug-likeness (QED) is 0.835. The van der Waals surface area contributed by atoms with Gasteiger partial charge in [0.15, 0.2) is 0 Å². The molecule has 7 heteroatoms. The number of H-pyrrole nitrogens is 1. The number of aromatic amines is 1. The molecule has 2 aromatic rings. The third-order valence-corrected chi connectivity index (χ3v) is 4.28. The number of hydrogen-bond donors (Lipinski definition) is 2. The topological polar surface area (TPSA) is 83.1 Å². The predicted molar refractivity (Wildman–Crippen MR) is 83.4 cm³/mol. The normalized spacial score (nSPS) is 16.2. The van der Waals surface area contributed by atoms with E-state index in [0.29, 0.717) is 0 Å². The minimum absolute atomic E-state index is 0.00500. The molecule has 0 saturated carbocycles. The van der Waals surface area contributed by atoms with Gasteiger partial charge in [-0.1, -0.05) is 6.92 Å². The van der Waals surface area contributed by atoms with Gasteiger partial charge in [0.2, 0.25) is 5.91 Å². The molecule has 3 rings (SSSR count). The van der Waals surface area contributed by atoms with Crippen molar-refractivity contribution in [2.75, 3.05) is 25.1 Å². The molecule has 1 fully saturated rings. The molecule has 0 bridgehead atoms. The number of carbonyl (C=O) groups excluding carboxylic acids is 1. The van der Waals surface area contributed by atoms with Gasteiger partial charge in [-0.15, -0.1) is 0 Å². The number of aromatic nitrogens is 3. The number of hydrogen-bond acceptors (Lipinski definition) is 5. The SMILES string of the molecule is CCc1c[nH]c2ncnc(N3CCC(C(=O)NOC)CC3)c12. The van der Waals surface area contributed by atoms with Crippen LogP contribution in [0.2, 0.25) is 0 Å². The first-order valence-corrected chi connectivity index (χ1v) is 7.63. The summed E-state index contributed by atoms with van der Waals surface area (Å²) >= 11 is 0. The van der Waals surface area contributed by atoms with Crippen molar-refractivity contribution in [2.24, 2.45) is 5.92 Å². The summed E-state index contributed by atoms with van der Waals surface area (Å²) in [6, 6.07) is 0. The van der Waals surface area contributed by atoms with Gasteiger partial charge in [-0.05, 0) is 24.8 Å². The summed E-state index contributed by atoms with van der Waals surface area (Å²) in [4.78, 5) is 30.8. The van der Waals surface area contributed by atoms with Gasteiger partial charge >= 0.3 is 0 Å². The zero-order chi connectivity index (χ0) is 15.5. The van der Waals surface area contributed by atoms with E-state index in [2.05, 4.69) is 32.3 Å². The van der Waals surface area contributed by atoms with Crippen LogP contribution in [0.25, 0.3) is 11.0 Å². The van der Waals surface area contributed by atoms with E-state index in [9.17, 15) is 4.79 Å². The molecular formula is C15H21N5O2. The van der Waals surface area contributed by atoms with E-state index < -0.39 is 0 Å². The molecule has 0 radical (unpaired) electrons. The van der Waals surface area contributed by atoms with Crippen LogP contribution in [0.3, 0.4) is 0 Å². The highest BCUT2D eigenvalue weighted by Gasteiger charge is 2.27. The van der Waals surface area contributed by atoms with E-state index >= 15 is 0 Å². The molecule has 1 aliphatic rings. The van der Waals surface area contributed by atoms with Crippen LogP contribution < -0.4 is 10.4 Å². The maximum atomic E-state index is 11.8. The Kier molecular flexibility index (Phi) is 4.24. The minimum atomic E-state index is -0.0362. The number of anilines is 1. The van der Waals surface area contributed by atoms with Crippen molar-refractivity contribution >= 4 is 22.8 Å². The zero-order valence-corrected chi connectivity index (χ0v) is 12.9. The van der Waals surface area contributed by atoms with Crippen LogP contribution in [0, 0.1) is 5.92 Å². The maximum absolute atomic E-state index is 11.8. The maximum Gasteiger partial charge on any atom is 0.246 e. The summed E-state index contributed by atoms with van der Waals surface area (Å²) in [6.07, 6.45) is 6.13. The molecule has 3 heterocycles. The third kappa shape index (κ3) is 2.64. The molecule has 0 spiro atoms. The Morgan fingerprint density at radius 2 is 2.23 bits per heavy atom. The lowest BCUT2D eigenvalue weighted by atomic mass is 9.96. The fourth-order valence-electron chi connectivity index (χ4n) is 3.07. The number of fused-ring (bicyclic) bond motifs is 1. The molecule has 1 saturated heterocycles. The molecular weight excluding hydrogens is 282 g/mol. The van der Waals surface area contributed by atoms with E-state index in [4.69, 9.17) is 4.84 Å². The van der Waals surface area contributed by atoms with E-state index in [1.807, 2.05) is 6.20 Å². The first-order chi connectivity index (χ1) is 10.7. The van der Waals surface area contributed by atoms with Crippen LogP contribution in [0.15, 0.2) is 12.5 Å². The molecule has 118 valence electrons. The number of aryl methyl sites for hydroxylation is 1. The number of amides is 1. The monoisotopic (exact) mass is 303 g/mol. The lowest BCUT2D eigenvalue weighted by molar-refractivity contribution is -0.136. The average molecular weight is 303 g/mol. The first-order valence-electron chi connectivity index (χ1n) is 7.63. The standard InChI is InChI=1S/C15H21N5O2/c1-3-10-8-16-13-12(10)14(18-9-17-13)20-6-4-11(5-7-20)15(21)19-22-2/h8-9,11H,3-7H2,1-2H3,(H,19,21)(H,16,17,18). The van der Waals surface area contributed by atoms with Crippen molar-refractivity contribution in [1.29, 1.82) is 0 Å². The van der Waals surface area contributed by atoms with E-state index in [-0.39, 0.29) is 11.8 Å². The largest absolute Gasteiger partial charge is 0.356 e. The van der Waals surface area contributed by atoms with Crippen LogP contribution in [-0.4, -0.2) is 41.1 Å². The van der Waals surface area contributed by atoms with E-state index in [1.54, 1.807) is 6.33 Å². The van der Waals surface area contributed by atoms with Gasteiger partial charge < -0.3 is 9.88 Å². The summed E-state index contributed by atoms with van der Waals surface area (Å²) in [5.74, 6) is 0.935. The molecule has 7 nitrogen and oxygen atoms in total. The van der Waals surface area contributed by atoms with Crippen molar-refractivity contribution in [3.63, 3.8) is 0 Å². The molecule has 0 aliphatic carbocycles. The fraction of sp³-hybridized carbons (Fsp3) is 0.533. The highest BCUT2D eigenvalue weighted by Crippen LogP contribution is 2.29. The number of rotatable bonds is 4.